The molecule has 0 amide bonds. The molecular weight excluding hydrogens is 643 g/mol. The summed E-state index contributed by atoms with van der Waals surface area (Å²) in [5.41, 5.74) is 8.42. The van der Waals surface area contributed by atoms with Gasteiger partial charge in [-0.1, -0.05) is 118 Å². The van der Waals surface area contributed by atoms with Crippen molar-refractivity contribution in [2.24, 2.45) is 20.8 Å². The average molecular weight is 700 g/mol. The summed E-state index contributed by atoms with van der Waals surface area (Å²) in [4.78, 5) is 9.36. The number of fused-ring (bicyclic) bond motifs is 1. The van der Waals surface area contributed by atoms with Crippen LogP contribution in [0.4, 0.5) is 0 Å². The molecule has 1 heterocycles. The predicted molar refractivity (Wildman–Crippen MR) is 218 cm³/mol. The zero-order valence-electron chi connectivity index (χ0n) is 33.3. The smallest absolute Gasteiger partial charge is 0.146 e. The third kappa shape index (κ3) is 9.88. The quantitative estimate of drug-likeness (QED) is 0.148. The lowest BCUT2D eigenvalue weighted by Gasteiger charge is -2.34. The van der Waals surface area contributed by atoms with Crippen LogP contribution in [0.3, 0.4) is 0 Å². The summed E-state index contributed by atoms with van der Waals surface area (Å²) in [6.07, 6.45) is 14.9. The number of phenolic OH excluding ortho intramolecular Hbond substituents is 2. The number of phenols is 2. The van der Waals surface area contributed by atoms with Gasteiger partial charge >= 0.3 is 0 Å². The molecule has 274 valence electrons. The number of benzene rings is 3. The Bertz CT molecular complexity index is 2050. The van der Waals surface area contributed by atoms with E-state index in [1.807, 2.05) is 61.6 Å². The minimum absolute atomic E-state index is 0.0751. The number of allylic oxidation sites excluding steroid dienone is 4. The van der Waals surface area contributed by atoms with Crippen LogP contribution >= 0.6 is 0 Å². The third-order valence-electron chi connectivity index (χ3n) is 9.25. The summed E-state index contributed by atoms with van der Waals surface area (Å²) in [7, 11) is 1.71. The van der Waals surface area contributed by atoms with Crippen molar-refractivity contribution >= 4 is 22.5 Å². The maximum absolute atomic E-state index is 11.7. The van der Waals surface area contributed by atoms with Gasteiger partial charge in [-0.05, 0) is 94.0 Å². The molecule has 5 rings (SSSR count). The third-order valence-corrected chi connectivity index (χ3v) is 9.25. The highest BCUT2D eigenvalue weighted by Gasteiger charge is 2.31. The molecule has 0 saturated heterocycles. The van der Waals surface area contributed by atoms with Crippen LogP contribution in [-0.2, 0) is 17.3 Å². The minimum atomic E-state index is -0.170. The molecule has 1 aromatic heterocycles. The molecule has 0 atom stereocenters. The Morgan fingerprint density at radius 1 is 0.712 bits per heavy atom. The van der Waals surface area contributed by atoms with Crippen molar-refractivity contribution in [1.29, 1.82) is 0 Å². The van der Waals surface area contributed by atoms with Crippen molar-refractivity contribution in [2.45, 2.75) is 106 Å². The van der Waals surface area contributed by atoms with Gasteiger partial charge < -0.3 is 10.2 Å². The molecule has 1 aliphatic rings. The van der Waals surface area contributed by atoms with Crippen LogP contribution in [0.5, 0.6) is 11.5 Å². The van der Waals surface area contributed by atoms with Crippen molar-refractivity contribution in [1.82, 2.24) is 15.0 Å². The van der Waals surface area contributed by atoms with Gasteiger partial charge in [-0.2, -0.15) is 4.99 Å². The molecule has 52 heavy (non-hydrogen) atoms. The molecule has 0 spiro atoms. The zero-order valence-corrected chi connectivity index (χ0v) is 33.3. The van der Waals surface area contributed by atoms with E-state index in [2.05, 4.69) is 103 Å². The van der Waals surface area contributed by atoms with E-state index in [0.717, 1.165) is 57.6 Å². The van der Waals surface area contributed by atoms with Crippen LogP contribution in [0, 0.1) is 30.2 Å². The van der Waals surface area contributed by atoms with Gasteiger partial charge in [0.05, 0.1) is 11.4 Å². The van der Waals surface area contributed by atoms with Crippen molar-refractivity contribution in [3.8, 4) is 29.7 Å². The van der Waals surface area contributed by atoms with Crippen LogP contribution in [0.15, 0.2) is 82.8 Å². The van der Waals surface area contributed by atoms with E-state index >= 15 is 0 Å². The van der Waals surface area contributed by atoms with Crippen molar-refractivity contribution in [2.75, 3.05) is 7.05 Å². The van der Waals surface area contributed by atoms with Gasteiger partial charge in [0, 0.05) is 25.1 Å². The summed E-state index contributed by atoms with van der Waals surface area (Å²) in [6, 6.07) is 18.3. The van der Waals surface area contributed by atoms with E-state index in [-0.39, 0.29) is 33.2 Å². The molecule has 0 unspecified atom stereocenters. The monoisotopic (exact) mass is 699 g/mol. The second-order valence-corrected chi connectivity index (χ2v) is 17.7. The lowest BCUT2D eigenvalue weighted by Crippen LogP contribution is -2.25. The molecule has 3 aromatic carbocycles. The van der Waals surface area contributed by atoms with Gasteiger partial charge in [0.2, 0.25) is 0 Å². The van der Waals surface area contributed by atoms with Crippen LogP contribution in [0.25, 0.3) is 16.7 Å². The number of hydrogen-bond donors (Lipinski definition) is 2. The van der Waals surface area contributed by atoms with E-state index in [1.165, 1.54) is 5.56 Å². The van der Waals surface area contributed by atoms with Crippen molar-refractivity contribution in [3.63, 3.8) is 0 Å². The summed E-state index contributed by atoms with van der Waals surface area (Å²) in [5, 5.41) is 32.3. The first-order valence-electron chi connectivity index (χ1n) is 18.0. The Balaban J connectivity index is 0.000000470. The van der Waals surface area contributed by atoms with Crippen LogP contribution in [0.2, 0.25) is 0 Å². The van der Waals surface area contributed by atoms with E-state index in [0.29, 0.717) is 12.1 Å². The highest BCUT2D eigenvalue weighted by Crippen LogP contribution is 2.43. The lowest BCUT2D eigenvalue weighted by molar-refractivity contribution is 0.283. The highest BCUT2D eigenvalue weighted by atomic mass is 16.3. The van der Waals surface area contributed by atoms with Gasteiger partial charge in [0.1, 0.15) is 28.2 Å². The van der Waals surface area contributed by atoms with Gasteiger partial charge in [0.25, 0.3) is 0 Å². The molecule has 4 aromatic rings. The maximum atomic E-state index is 11.7. The molecule has 2 N–H and O–H groups in total. The fourth-order valence-electron chi connectivity index (χ4n) is 7.58. The summed E-state index contributed by atoms with van der Waals surface area (Å²) < 4.78 is 0. The molecule has 0 fully saturated rings. The number of aromatic hydroxyl groups is 2. The number of aromatic nitrogens is 3. The number of rotatable bonds is 7. The first-order chi connectivity index (χ1) is 24.1. The predicted octanol–water partition coefficient (Wildman–Crippen LogP) is 10.4. The largest absolute Gasteiger partial charge is 0.507 e. The van der Waals surface area contributed by atoms with Crippen molar-refractivity contribution in [3.05, 3.63) is 101 Å². The second-order valence-electron chi connectivity index (χ2n) is 17.7. The summed E-state index contributed by atoms with van der Waals surface area (Å²) in [6.45, 7) is 24.6. The molecule has 7 nitrogen and oxygen atoms in total. The number of nitrogens with zero attached hydrogens (tertiary/aromatic N) is 5. The second kappa shape index (κ2) is 15.3. The van der Waals surface area contributed by atoms with Gasteiger partial charge in [0.15, 0.2) is 0 Å². The Morgan fingerprint density at radius 3 is 1.67 bits per heavy atom. The van der Waals surface area contributed by atoms with Crippen molar-refractivity contribution < 1.29 is 10.2 Å². The standard InChI is InChI=1S/C36H49N3O2.C9H8N2/c1-23-16-26(35(8,9)21-33(2,3)4)18-24(31(23)40)17-25-19-27(36(10,11)22-34(5,6)7)20-30(32(25)41)39-37-28-14-12-13-15-29(28)38-39;1-3-11-9-7-5-4-6-8(9)10-2/h12-16,18-20,40-41H,17,21-22H2,1-11H3;1,4-7H,2H3. The Morgan fingerprint density at radius 2 is 1.19 bits per heavy atom. The van der Waals surface area contributed by atoms with E-state index in [9.17, 15) is 10.2 Å². The number of terminal acetylenes is 1. The maximum Gasteiger partial charge on any atom is 0.146 e. The number of hydrogen-bond acceptors (Lipinski definition) is 6. The highest BCUT2D eigenvalue weighted by molar-refractivity contribution is 6.51. The zero-order chi connectivity index (χ0) is 38.6. The molecule has 0 radical (unpaired) electrons. The molecule has 7 heteroatoms. The molecule has 1 aliphatic carbocycles. The first kappa shape index (κ1) is 39.8. The van der Waals surface area contributed by atoms with Crippen LogP contribution in [0.1, 0.15) is 110 Å². The summed E-state index contributed by atoms with van der Waals surface area (Å²) >= 11 is 0. The number of aliphatic imine (C=N–C) groups is 2. The fraction of sp³-hybridized carbons (Fsp3) is 0.422. The first-order valence-corrected chi connectivity index (χ1v) is 18.0. The van der Waals surface area contributed by atoms with Gasteiger partial charge in [-0.15, -0.1) is 15.0 Å². The lowest BCUT2D eigenvalue weighted by atomic mass is 9.71. The summed E-state index contributed by atoms with van der Waals surface area (Å²) in [5.74, 6) is 0.417. The molecule has 0 bridgehead atoms. The molecular formula is C45H57N5O2. The van der Waals surface area contributed by atoms with Crippen LogP contribution < -0.4 is 0 Å². The minimum Gasteiger partial charge on any atom is -0.507 e. The van der Waals surface area contributed by atoms with Gasteiger partial charge in [-0.3, -0.25) is 4.99 Å². The molecule has 0 aliphatic heterocycles. The van der Waals surface area contributed by atoms with E-state index < -0.39 is 0 Å². The number of aryl methyl sites for hydroxylation is 1. The van der Waals surface area contributed by atoms with Crippen LogP contribution in [-0.4, -0.2) is 43.7 Å². The van der Waals surface area contributed by atoms with E-state index in [1.54, 1.807) is 11.8 Å². The SMILES string of the molecule is C#CN=C1C=CC=CC1=NC.Cc1cc(C(C)(C)CC(C)(C)C)cc(Cc2cc(C(C)(C)CC(C)(C)C)cc(-n3nc4ccccc4n3)c2O)c1O. The van der Waals surface area contributed by atoms with Gasteiger partial charge in [-0.25, -0.2) is 0 Å². The average Bonchev–Trinajstić information content (AvgIpc) is 3.46. The Hall–Kier alpha value is -4.96. The molecule has 0 saturated carbocycles. The fourth-order valence-corrected chi connectivity index (χ4v) is 7.58. The van der Waals surface area contributed by atoms with E-state index in [4.69, 9.17) is 16.6 Å². The Kier molecular flexibility index (Phi) is 11.7. The Labute approximate surface area is 311 Å². The normalized spacial score (nSPS) is 15.2. The topological polar surface area (TPSA) is 95.9 Å².